The predicted octanol–water partition coefficient (Wildman–Crippen LogP) is 1.62. The summed E-state index contributed by atoms with van der Waals surface area (Å²) in [6.07, 6.45) is 5.38. The number of hydrogen-bond donors (Lipinski definition) is 1. The maximum atomic E-state index is 12.1. The van der Waals surface area contributed by atoms with E-state index in [1.807, 2.05) is 11.9 Å². The molecule has 1 atom stereocenters. The molecule has 1 saturated heterocycles. The standard InChI is InChI=1S/C16H25N3O3S/c1-3-4-5-8-18-16(20)15-11-13(6-9-17-15)19(2)14-7-10-23(21,22)12-14/h6,9,11,14H,3-5,7-8,10,12H2,1-2H3,(H,18,20). The van der Waals surface area contributed by atoms with Crippen molar-refractivity contribution in [2.75, 3.05) is 30.0 Å². The largest absolute Gasteiger partial charge is 0.370 e. The van der Waals surface area contributed by atoms with Gasteiger partial charge in [-0.05, 0) is 25.0 Å². The van der Waals surface area contributed by atoms with Gasteiger partial charge in [-0.2, -0.15) is 0 Å². The van der Waals surface area contributed by atoms with Gasteiger partial charge in [0.1, 0.15) is 5.69 Å². The second kappa shape index (κ2) is 7.77. The molecule has 6 nitrogen and oxygen atoms in total. The Morgan fingerprint density at radius 3 is 2.87 bits per heavy atom. The molecule has 1 aliphatic heterocycles. The van der Waals surface area contributed by atoms with Gasteiger partial charge in [-0.15, -0.1) is 0 Å². The summed E-state index contributed by atoms with van der Waals surface area (Å²) in [4.78, 5) is 18.2. The molecule has 1 aromatic heterocycles. The van der Waals surface area contributed by atoms with Crippen molar-refractivity contribution >= 4 is 21.4 Å². The van der Waals surface area contributed by atoms with Crippen LogP contribution in [0, 0.1) is 0 Å². The number of anilines is 1. The van der Waals surface area contributed by atoms with Crippen LogP contribution in [0.1, 0.15) is 43.1 Å². The Kier molecular flexibility index (Phi) is 5.98. The molecule has 1 amide bonds. The average molecular weight is 339 g/mol. The molecule has 128 valence electrons. The maximum Gasteiger partial charge on any atom is 0.269 e. The second-order valence-corrected chi connectivity index (χ2v) is 8.26. The number of carbonyl (C=O) groups is 1. The number of carbonyl (C=O) groups excluding carboxylic acids is 1. The molecule has 2 rings (SSSR count). The first-order valence-electron chi connectivity index (χ1n) is 8.10. The third-order valence-electron chi connectivity index (χ3n) is 4.21. The summed E-state index contributed by atoms with van der Waals surface area (Å²) in [5, 5.41) is 2.87. The topological polar surface area (TPSA) is 79.4 Å². The lowest BCUT2D eigenvalue weighted by atomic mass is 10.2. The van der Waals surface area contributed by atoms with Crippen molar-refractivity contribution in [3.63, 3.8) is 0 Å². The van der Waals surface area contributed by atoms with Crippen LogP contribution in [-0.2, 0) is 9.84 Å². The van der Waals surface area contributed by atoms with E-state index in [4.69, 9.17) is 0 Å². The monoisotopic (exact) mass is 339 g/mol. The fraction of sp³-hybridized carbons (Fsp3) is 0.625. The van der Waals surface area contributed by atoms with Crippen molar-refractivity contribution in [2.24, 2.45) is 0 Å². The van der Waals surface area contributed by atoms with Crippen LogP contribution in [0.25, 0.3) is 0 Å². The molecule has 1 aromatic rings. The molecule has 0 saturated carbocycles. The van der Waals surface area contributed by atoms with E-state index in [9.17, 15) is 13.2 Å². The van der Waals surface area contributed by atoms with E-state index in [1.165, 1.54) is 0 Å². The molecule has 0 radical (unpaired) electrons. The van der Waals surface area contributed by atoms with Crippen LogP contribution in [0.4, 0.5) is 5.69 Å². The van der Waals surface area contributed by atoms with E-state index in [2.05, 4.69) is 17.2 Å². The van der Waals surface area contributed by atoms with E-state index in [-0.39, 0.29) is 23.5 Å². The minimum Gasteiger partial charge on any atom is -0.370 e. The molecule has 0 aromatic carbocycles. The normalized spacial score (nSPS) is 19.5. The highest BCUT2D eigenvalue weighted by molar-refractivity contribution is 7.91. The molecular weight excluding hydrogens is 314 g/mol. The van der Waals surface area contributed by atoms with Crippen molar-refractivity contribution in [2.45, 2.75) is 38.6 Å². The number of hydrogen-bond acceptors (Lipinski definition) is 5. The summed E-state index contributed by atoms with van der Waals surface area (Å²) < 4.78 is 23.2. The van der Waals surface area contributed by atoms with Gasteiger partial charge in [0, 0.05) is 31.5 Å². The van der Waals surface area contributed by atoms with Gasteiger partial charge in [-0.3, -0.25) is 9.78 Å². The molecule has 0 aliphatic carbocycles. The van der Waals surface area contributed by atoms with Gasteiger partial charge in [0.2, 0.25) is 0 Å². The van der Waals surface area contributed by atoms with E-state index < -0.39 is 9.84 Å². The summed E-state index contributed by atoms with van der Waals surface area (Å²) in [7, 11) is -1.06. The van der Waals surface area contributed by atoms with Gasteiger partial charge >= 0.3 is 0 Å². The van der Waals surface area contributed by atoms with Gasteiger partial charge in [0.05, 0.1) is 11.5 Å². The van der Waals surface area contributed by atoms with Crippen LogP contribution >= 0.6 is 0 Å². The smallest absolute Gasteiger partial charge is 0.269 e. The summed E-state index contributed by atoms with van der Waals surface area (Å²) in [5.41, 5.74) is 1.19. The number of nitrogens with one attached hydrogen (secondary N) is 1. The van der Waals surface area contributed by atoms with Crippen LogP contribution in [0.5, 0.6) is 0 Å². The van der Waals surface area contributed by atoms with Crippen molar-refractivity contribution < 1.29 is 13.2 Å². The Labute approximate surface area is 138 Å². The van der Waals surface area contributed by atoms with E-state index in [0.29, 0.717) is 18.7 Å². The minimum absolute atomic E-state index is 0.0390. The van der Waals surface area contributed by atoms with E-state index in [1.54, 1.807) is 18.3 Å². The lowest BCUT2D eigenvalue weighted by molar-refractivity contribution is 0.0948. The highest BCUT2D eigenvalue weighted by Gasteiger charge is 2.31. The summed E-state index contributed by atoms with van der Waals surface area (Å²) >= 11 is 0. The molecule has 0 spiro atoms. The lowest BCUT2D eigenvalue weighted by Gasteiger charge is -2.25. The molecule has 0 bridgehead atoms. The zero-order valence-corrected chi connectivity index (χ0v) is 14.6. The van der Waals surface area contributed by atoms with Crippen LogP contribution in [0.15, 0.2) is 18.3 Å². The van der Waals surface area contributed by atoms with Crippen molar-refractivity contribution in [1.29, 1.82) is 0 Å². The zero-order chi connectivity index (χ0) is 16.9. The molecule has 2 heterocycles. The molecule has 1 aliphatic rings. The highest BCUT2D eigenvalue weighted by atomic mass is 32.2. The van der Waals surface area contributed by atoms with Crippen LogP contribution < -0.4 is 10.2 Å². The Morgan fingerprint density at radius 1 is 1.43 bits per heavy atom. The Bertz CT molecular complexity index is 646. The minimum atomic E-state index is -2.93. The van der Waals surface area contributed by atoms with Crippen LogP contribution in [0.3, 0.4) is 0 Å². The van der Waals surface area contributed by atoms with Gasteiger partial charge < -0.3 is 10.2 Å². The Morgan fingerprint density at radius 2 is 2.22 bits per heavy atom. The molecule has 1 unspecified atom stereocenters. The van der Waals surface area contributed by atoms with E-state index in [0.717, 1.165) is 24.9 Å². The molecule has 7 heteroatoms. The first-order valence-corrected chi connectivity index (χ1v) is 9.92. The highest BCUT2D eigenvalue weighted by Crippen LogP contribution is 2.23. The van der Waals surface area contributed by atoms with Crippen LogP contribution in [0.2, 0.25) is 0 Å². The number of sulfone groups is 1. The first kappa shape index (κ1) is 17.7. The molecular formula is C16H25N3O3S. The molecule has 1 N–H and O–H groups in total. The summed E-state index contributed by atoms with van der Waals surface area (Å²) in [6, 6.07) is 3.49. The van der Waals surface area contributed by atoms with Gasteiger partial charge in [0.25, 0.3) is 5.91 Å². The zero-order valence-electron chi connectivity index (χ0n) is 13.8. The molecule has 1 fully saturated rings. The van der Waals surface area contributed by atoms with Crippen molar-refractivity contribution in [1.82, 2.24) is 10.3 Å². The van der Waals surface area contributed by atoms with Gasteiger partial charge in [-0.1, -0.05) is 19.8 Å². The SMILES string of the molecule is CCCCCNC(=O)c1cc(N(C)C2CCS(=O)(=O)C2)ccn1. The fourth-order valence-corrected chi connectivity index (χ4v) is 4.50. The number of amides is 1. The van der Waals surface area contributed by atoms with Crippen LogP contribution in [-0.4, -0.2) is 50.4 Å². The second-order valence-electron chi connectivity index (χ2n) is 6.03. The third kappa shape index (κ3) is 4.92. The third-order valence-corrected chi connectivity index (χ3v) is 5.96. The molecule has 23 heavy (non-hydrogen) atoms. The number of rotatable bonds is 7. The maximum absolute atomic E-state index is 12.1. The first-order chi connectivity index (χ1) is 10.9. The van der Waals surface area contributed by atoms with Crippen molar-refractivity contribution in [3.05, 3.63) is 24.0 Å². The Hall–Kier alpha value is -1.63. The lowest BCUT2D eigenvalue weighted by Crippen LogP contribution is -2.33. The summed E-state index contributed by atoms with van der Waals surface area (Å²) in [6.45, 7) is 2.77. The van der Waals surface area contributed by atoms with Gasteiger partial charge in [-0.25, -0.2) is 8.42 Å². The number of unbranched alkanes of at least 4 members (excludes halogenated alkanes) is 2. The Balaban J connectivity index is 2.00. The predicted molar refractivity (Wildman–Crippen MR) is 91.6 cm³/mol. The average Bonchev–Trinajstić information content (AvgIpc) is 2.91. The summed E-state index contributed by atoms with van der Waals surface area (Å²) in [5.74, 6) is 0.220. The fourth-order valence-electron chi connectivity index (χ4n) is 2.72. The van der Waals surface area contributed by atoms with Gasteiger partial charge in [0.15, 0.2) is 9.84 Å². The van der Waals surface area contributed by atoms with E-state index >= 15 is 0 Å². The van der Waals surface area contributed by atoms with Crippen molar-refractivity contribution in [3.8, 4) is 0 Å². The number of pyridine rings is 1. The number of nitrogens with zero attached hydrogens (tertiary/aromatic N) is 2. The quantitative estimate of drug-likeness (QED) is 0.764. The number of aromatic nitrogens is 1.